The number of hydrogen-bond acceptors (Lipinski definition) is 5. The van der Waals surface area contributed by atoms with Crippen molar-refractivity contribution in [2.75, 3.05) is 57.9 Å². The molecule has 0 unspecified atom stereocenters. The lowest BCUT2D eigenvalue weighted by molar-refractivity contribution is -0.0352. The van der Waals surface area contributed by atoms with E-state index in [4.69, 9.17) is 9.72 Å². The van der Waals surface area contributed by atoms with Gasteiger partial charge in [0.2, 0.25) is 0 Å². The molecule has 0 radical (unpaired) electrons. The first kappa shape index (κ1) is 23.3. The summed E-state index contributed by atoms with van der Waals surface area (Å²) in [6.07, 6.45) is 13.8. The minimum atomic E-state index is 0.232. The summed E-state index contributed by atoms with van der Waals surface area (Å²) in [7, 11) is 1.86. The lowest BCUT2D eigenvalue weighted by Crippen LogP contribution is -2.60. The number of aromatic nitrogens is 1. The van der Waals surface area contributed by atoms with Gasteiger partial charge in [-0.05, 0) is 37.3 Å². The van der Waals surface area contributed by atoms with Crippen LogP contribution in [0.5, 0.6) is 0 Å². The molecule has 0 amide bonds. The van der Waals surface area contributed by atoms with Gasteiger partial charge in [-0.3, -0.25) is 9.89 Å². The van der Waals surface area contributed by atoms with E-state index >= 15 is 0 Å². The third-order valence-electron chi connectivity index (χ3n) is 7.47. The first-order valence-electron chi connectivity index (χ1n) is 12.8. The Hall–Kier alpha value is -1.86. The van der Waals surface area contributed by atoms with Crippen LogP contribution in [0.15, 0.2) is 23.3 Å². The molecule has 7 nitrogen and oxygen atoms in total. The van der Waals surface area contributed by atoms with Gasteiger partial charge in [-0.15, -0.1) is 0 Å². The van der Waals surface area contributed by atoms with E-state index in [-0.39, 0.29) is 5.54 Å². The summed E-state index contributed by atoms with van der Waals surface area (Å²) in [6, 6.07) is 4.37. The molecule has 7 heteroatoms. The predicted molar refractivity (Wildman–Crippen MR) is 131 cm³/mol. The Morgan fingerprint density at radius 1 is 0.969 bits per heavy atom. The maximum Gasteiger partial charge on any atom is 0.191 e. The summed E-state index contributed by atoms with van der Waals surface area (Å²) in [6.45, 7) is 7.74. The van der Waals surface area contributed by atoms with Crippen LogP contribution in [-0.4, -0.2) is 74.4 Å². The number of guanidine groups is 1. The molecule has 1 aromatic rings. The molecule has 32 heavy (non-hydrogen) atoms. The number of nitrogens with one attached hydrogen (secondary N) is 2. The molecule has 2 N–H and O–H groups in total. The topological polar surface area (TPSA) is 65.0 Å². The molecule has 0 spiro atoms. The van der Waals surface area contributed by atoms with E-state index in [0.717, 1.165) is 64.3 Å². The van der Waals surface area contributed by atoms with Gasteiger partial charge in [-0.2, -0.15) is 0 Å². The summed E-state index contributed by atoms with van der Waals surface area (Å²) in [5.41, 5.74) is 1.42. The van der Waals surface area contributed by atoms with Crippen LogP contribution in [0, 0.1) is 0 Å². The lowest BCUT2D eigenvalue weighted by Gasteiger charge is -2.48. The zero-order chi connectivity index (χ0) is 22.1. The largest absolute Gasteiger partial charge is 0.379 e. The Balaban J connectivity index is 1.29. The number of rotatable bonds is 6. The Morgan fingerprint density at radius 2 is 1.69 bits per heavy atom. The molecule has 1 aliphatic carbocycles. The van der Waals surface area contributed by atoms with Gasteiger partial charge < -0.3 is 20.3 Å². The minimum absolute atomic E-state index is 0.232. The van der Waals surface area contributed by atoms with Crippen molar-refractivity contribution in [3.8, 4) is 0 Å². The number of aliphatic imine (C=N–C) groups is 1. The highest BCUT2D eigenvalue weighted by molar-refractivity contribution is 5.79. The molecule has 0 atom stereocenters. The van der Waals surface area contributed by atoms with Crippen molar-refractivity contribution >= 4 is 11.8 Å². The fraction of sp³-hybridized carbons (Fsp3) is 0.760. The molecule has 1 aromatic heterocycles. The van der Waals surface area contributed by atoms with E-state index in [1.165, 1.54) is 63.4 Å². The van der Waals surface area contributed by atoms with Gasteiger partial charge in [0.1, 0.15) is 5.82 Å². The fourth-order valence-electron chi connectivity index (χ4n) is 5.52. The van der Waals surface area contributed by atoms with Gasteiger partial charge in [0.25, 0.3) is 0 Å². The molecule has 3 aliphatic rings. The molecule has 3 fully saturated rings. The molecular weight excluding hydrogens is 400 g/mol. The van der Waals surface area contributed by atoms with E-state index in [1.807, 2.05) is 13.2 Å². The SMILES string of the molecule is CN=C(NCc1ccc(N2CCCCCC2)nc1)NCC1(N2CCOCC2)CCCCC1. The molecular formula is C25H42N6O. The van der Waals surface area contributed by atoms with Crippen LogP contribution < -0.4 is 15.5 Å². The zero-order valence-corrected chi connectivity index (χ0v) is 19.9. The summed E-state index contributed by atoms with van der Waals surface area (Å²) < 4.78 is 5.62. The van der Waals surface area contributed by atoms with E-state index < -0.39 is 0 Å². The van der Waals surface area contributed by atoms with Crippen LogP contribution in [-0.2, 0) is 11.3 Å². The third-order valence-corrected chi connectivity index (χ3v) is 7.47. The van der Waals surface area contributed by atoms with E-state index in [9.17, 15) is 0 Å². The highest BCUT2D eigenvalue weighted by atomic mass is 16.5. The van der Waals surface area contributed by atoms with Crippen LogP contribution in [0.1, 0.15) is 63.4 Å². The third kappa shape index (κ3) is 6.13. The minimum Gasteiger partial charge on any atom is -0.379 e. The lowest BCUT2D eigenvalue weighted by atomic mass is 9.80. The van der Waals surface area contributed by atoms with Crippen molar-refractivity contribution in [2.45, 2.75) is 69.9 Å². The smallest absolute Gasteiger partial charge is 0.191 e. The van der Waals surface area contributed by atoms with Crippen molar-refractivity contribution in [1.29, 1.82) is 0 Å². The number of pyridine rings is 1. The average Bonchev–Trinajstić information content (AvgIpc) is 3.15. The Morgan fingerprint density at radius 3 is 2.34 bits per heavy atom. The first-order chi connectivity index (χ1) is 15.8. The molecule has 2 saturated heterocycles. The number of hydrogen-bond donors (Lipinski definition) is 2. The summed E-state index contributed by atoms with van der Waals surface area (Å²) in [5, 5.41) is 7.14. The van der Waals surface area contributed by atoms with Crippen molar-refractivity contribution in [1.82, 2.24) is 20.5 Å². The van der Waals surface area contributed by atoms with Crippen molar-refractivity contribution in [3.63, 3.8) is 0 Å². The maximum atomic E-state index is 5.62. The average molecular weight is 443 g/mol. The molecule has 0 aromatic carbocycles. The maximum absolute atomic E-state index is 5.62. The first-order valence-corrected chi connectivity index (χ1v) is 12.8. The number of nitrogens with zero attached hydrogens (tertiary/aromatic N) is 4. The van der Waals surface area contributed by atoms with Crippen LogP contribution in [0.2, 0.25) is 0 Å². The van der Waals surface area contributed by atoms with E-state index in [0.29, 0.717) is 0 Å². The Kier molecular flexibility index (Phi) is 8.62. The molecule has 1 saturated carbocycles. The summed E-state index contributed by atoms with van der Waals surface area (Å²) >= 11 is 0. The second-order valence-electron chi connectivity index (χ2n) is 9.59. The quantitative estimate of drug-likeness (QED) is 0.521. The molecule has 4 rings (SSSR count). The van der Waals surface area contributed by atoms with E-state index in [2.05, 4.69) is 37.6 Å². The summed E-state index contributed by atoms with van der Waals surface area (Å²) in [4.78, 5) is 14.3. The zero-order valence-electron chi connectivity index (χ0n) is 19.9. The summed E-state index contributed by atoms with van der Waals surface area (Å²) in [5.74, 6) is 1.99. The van der Waals surface area contributed by atoms with Gasteiger partial charge in [0.15, 0.2) is 5.96 Å². The predicted octanol–water partition coefficient (Wildman–Crippen LogP) is 3.16. The number of ether oxygens (including phenoxy) is 1. The fourth-order valence-corrected chi connectivity index (χ4v) is 5.52. The number of anilines is 1. The van der Waals surface area contributed by atoms with Gasteiger partial charge in [-0.25, -0.2) is 4.98 Å². The van der Waals surface area contributed by atoms with Gasteiger partial charge in [0, 0.05) is 58.1 Å². The van der Waals surface area contributed by atoms with Crippen LogP contribution >= 0.6 is 0 Å². The van der Waals surface area contributed by atoms with Gasteiger partial charge >= 0.3 is 0 Å². The molecule has 2 aliphatic heterocycles. The van der Waals surface area contributed by atoms with Crippen LogP contribution in [0.25, 0.3) is 0 Å². The Labute approximate surface area is 194 Å². The van der Waals surface area contributed by atoms with Crippen molar-refractivity contribution in [3.05, 3.63) is 23.9 Å². The molecule has 3 heterocycles. The number of morpholine rings is 1. The second kappa shape index (κ2) is 11.8. The highest BCUT2D eigenvalue weighted by Gasteiger charge is 2.38. The second-order valence-corrected chi connectivity index (χ2v) is 9.59. The van der Waals surface area contributed by atoms with E-state index in [1.54, 1.807) is 0 Å². The Bertz CT molecular complexity index is 702. The van der Waals surface area contributed by atoms with Crippen LogP contribution in [0.4, 0.5) is 5.82 Å². The standard InChI is InChI=1S/C25H42N6O/c1-26-24(29-21-25(11-5-4-6-12-25)31-15-17-32-18-16-31)28-20-22-9-10-23(27-19-22)30-13-7-2-3-8-14-30/h9-10,19H,2-8,11-18,20-21H2,1H3,(H2,26,28,29). The van der Waals surface area contributed by atoms with Gasteiger partial charge in [-0.1, -0.05) is 38.2 Å². The highest BCUT2D eigenvalue weighted by Crippen LogP contribution is 2.33. The molecule has 0 bridgehead atoms. The van der Waals surface area contributed by atoms with Gasteiger partial charge in [0.05, 0.1) is 13.2 Å². The van der Waals surface area contributed by atoms with Crippen molar-refractivity contribution < 1.29 is 4.74 Å². The normalized spacial score (nSPS) is 22.9. The van der Waals surface area contributed by atoms with Crippen molar-refractivity contribution in [2.24, 2.45) is 4.99 Å². The van der Waals surface area contributed by atoms with Crippen LogP contribution in [0.3, 0.4) is 0 Å². The molecule has 178 valence electrons. The monoisotopic (exact) mass is 442 g/mol.